The number of hydrogen-bond donors (Lipinski definition) is 0. The molecule has 1 aliphatic rings. The Labute approximate surface area is 146 Å². The van der Waals surface area contributed by atoms with E-state index in [0.717, 1.165) is 32.1 Å². The minimum atomic E-state index is -0.626. The number of rotatable bonds is 7. The molecule has 140 valence electrons. The molecule has 1 rings (SSSR count). The molecule has 24 heavy (non-hydrogen) atoms. The van der Waals surface area contributed by atoms with Crippen molar-refractivity contribution in [3.05, 3.63) is 12.2 Å². The van der Waals surface area contributed by atoms with Gasteiger partial charge in [-0.15, -0.1) is 0 Å². The molecule has 0 fully saturated rings. The van der Waals surface area contributed by atoms with Gasteiger partial charge in [-0.1, -0.05) is 26.8 Å². The largest absolute Gasteiger partial charge is 0.508 e. The molecule has 0 aromatic rings. The number of hydrogen-bond acceptors (Lipinski definition) is 5. The third-order valence-corrected chi connectivity index (χ3v) is 5.26. The Kier molecular flexibility index (Phi) is 8.78. The van der Waals surface area contributed by atoms with E-state index in [1.165, 1.54) is 7.11 Å². The number of allylic oxidation sites excluding steroid dienone is 1. The molecule has 5 nitrogen and oxygen atoms in total. The minimum Gasteiger partial charge on any atom is -0.438 e. The summed E-state index contributed by atoms with van der Waals surface area (Å²) >= 11 is 0. The SMILES string of the molecule is CCC(C1CC/C=C/C(OC(=O)OC)CC1)C(OC)(OC)C(C)C. The topological polar surface area (TPSA) is 54.0 Å². The highest BCUT2D eigenvalue weighted by atomic mass is 16.7. The average Bonchev–Trinajstić information content (AvgIpc) is 2.56. The van der Waals surface area contributed by atoms with Crippen LogP contribution < -0.4 is 0 Å². The van der Waals surface area contributed by atoms with Gasteiger partial charge in [-0.25, -0.2) is 4.79 Å². The van der Waals surface area contributed by atoms with E-state index in [2.05, 4.69) is 31.6 Å². The van der Waals surface area contributed by atoms with Gasteiger partial charge in [0.25, 0.3) is 0 Å². The lowest BCUT2D eigenvalue weighted by atomic mass is 9.73. The number of carbonyl (C=O) groups excluding carboxylic acids is 1. The van der Waals surface area contributed by atoms with E-state index < -0.39 is 11.9 Å². The van der Waals surface area contributed by atoms with Crippen molar-refractivity contribution in [3.8, 4) is 0 Å². The maximum absolute atomic E-state index is 11.4. The van der Waals surface area contributed by atoms with Gasteiger partial charge in [-0.3, -0.25) is 0 Å². The highest BCUT2D eigenvalue weighted by Gasteiger charge is 2.45. The van der Waals surface area contributed by atoms with Crippen LogP contribution in [0.3, 0.4) is 0 Å². The molecule has 1 aliphatic carbocycles. The van der Waals surface area contributed by atoms with Crippen LogP contribution in [0.1, 0.15) is 52.9 Å². The summed E-state index contributed by atoms with van der Waals surface area (Å²) in [6.07, 6.45) is 8.00. The molecular formula is C19H34O5. The molecule has 0 saturated carbocycles. The molecule has 0 heterocycles. The van der Waals surface area contributed by atoms with E-state index in [0.29, 0.717) is 5.92 Å². The van der Waals surface area contributed by atoms with Crippen molar-refractivity contribution >= 4 is 6.16 Å². The summed E-state index contributed by atoms with van der Waals surface area (Å²) in [6.45, 7) is 6.47. The van der Waals surface area contributed by atoms with Crippen LogP contribution in [0.15, 0.2) is 12.2 Å². The summed E-state index contributed by atoms with van der Waals surface area (Å²) in [5.41, 5.74) is 0. The smallest absolute Gasteiger partial charge is 0.438 e. The Morgan fingerprint density at radius 3 is 2.33 bits per heavy atom. The molecular weight excluding hydrogens is 308 g/mol. The quantitative estimate of drug-likeness (QED) is 0.386. The van der Waals surface area contributed by atoms with Gasteiger partial charge < -0.3 is 18.9 Å². The van der Waals surface area contributed by atoms with Gasteiger partial charge in [0.05, 0.1) is 7.11 Å². The van der Waals surface area contributed by atoms with Gasteiger partial charge in [-0.2, -0.15) is 0 Å². The molecule has 0 bridgehead atoms. The van der Waals surface area contributed by atoms with Crippen molar-refractivity contribution in [1.29, 1.82) is 0 Å². The first-order chi connectivity index (χ1) is 11.4. The lowest BCUT2D eigenvalue weighted by Gasteiger charge is -2.45. The van der Waals surface area contributed by atoms with Gasteiger partial charge in [0.2, 0.25) is 0 Å². The third-order valence-electron chi connectivity index (χ3n) is 5.26. The van der Waals surface area contributed by atoms with Crippen molar-refractivity contribution in [2.45, 2.75) is 64.8 Å². The lowest BCUT2D eigenvalue weighted by Crippen LogP contribution is -2.49. The second kappa shape index (κ2) is 10.0. The maximum Gasteiger partial charge on any atom is 0.508 e. The van der Waals surface area contributed by atoms with E-state index in [1.807, 2.05) is 6.08 Å². The zero-order valence-electron chi connectivity index (χ0n) is 16.0. The predicted octanol–water partition coefficient (Wildman–Crippen LogP) is 4.56. The lowest BCUT2D eigenvalue weighted by molar-refractivity contribution is -0.276. The summed E-state index contributed by atoms with van der Waals surface area (Å²) in [5.74, 6) is 0.408. The van der Waals surface area contributed by atoms with Crippen molar-refractivity contribution in [2.24, 2.45) is 17.8 Å². The fourth-order valence-electron chi connectivity index (χ4n) is 4.08. The Morgan fingerprint density at radius 2 is 1.83 bits per heavy atom. The monoisotopic (exact) mass is 342 g/mol. The summed E-state index contributed by atoms with van der Waals surface area (Å²) in [4.78, 5) is 11.4. The molecule has 0 amide bonds. The number of ether oxygens (including phenoxy) is 4. The summed E-state index contributed by atoms with van der Waals surface area (Å²) in [5, 5.41) is 0. The van der Waals surface area contributed by atoms with Crippen LogP contribution in [0.5, 0.6) is 0 Å². The minimum absolute atomic E-state index is 0.226. The summed E-state index contributed by atoms with van der Waals surface area (Å²) in [7, 11) is 4.80. The van der Waals surface area contributed by atoms with Crippen molar-refractivity contribution in [3.63, 3.8) is 0 Å². The molecule has 5 heteroatoms. The fraction of sp³-hybridized carbons (Fsp3) is 0.842. The van der Waals surface area contributed by atoms with Crippen LogP contribution in [0.25, 0.3) is 0 Å². The maximum atomic E-state index is 11.4. The first kappa shape index (κ1) is 21.0. The van der Waals surface area contributed by atoms with Crippen molar-refractivity contribution in [1.82, 2.24) is 0 Å². The van der Waals surface area contributed by atoms with Crippen LogP contribution in [0.4, 0.5) is 4.79 Å². The van der Waals surface area contributed by atoms with E-state index >= 15 is 0 Å². The van der Waals surface area contributed by atoms with Crippen LogP contribution in [0, 0.1) is 17.8 Å². The first-order valence-electron chi connectivity index (χ1n) is 8.96. The van der Waals surface area contributed by atoms with Gasteiger partial charge in [0, 0.05) is 26.1 Å². The summed E-state index contributed by atoms with van der Waals surface area (Å²) < 4.78 is 21.7. The Bertz CT molecular complexity index is 401. The second-order valence-electron chi connectivity index (χ2n) is 6.75. The van der Waals surface area contributed by atoms with E-state index in [-0.39, 0.29) is 17.9 Å². The zero-order chi connectivity index (χ0) is 18.2. The summed E-state index contributed by atoms with van der Waals surface area (Å²) in [6, 6.07) is 0. The van der Waals surface area contributed by atoms with Crippen LogP contribution in [0.2, 0.25) is 0 Å². The Balaban J connectivity index is 2.90. The van der Waals surface area contributed by atoms with Gasteiger partial charge >= 0.3 is 6.16 Å². The normalized spacial score (nSPS) is 24.8. The molecule has 3 unspecified atom stereocenters. The van der Waals surface area contributed by atoms with E-state index in [9.17, 15) is 4.79 Å². The molecule has 0 saturated heterocycles. The van der Waals surface area contributed by atoms with Gasteiger partial charge in [0.1, 0.15) is 6.10 Å². The van der Waals surface area contributed by atoms with Gasteiger partial charge in [-0.05, 0) is 44.1 Å². The Hall–Kier alpha value is -1.07. The van der Waals surface area contributed by atoms with Gasteiger partial charge in [0.15, 0.2) is 5.79 Å². The molecule has 3 atom stereocenters. The van der Waals surface area contributed by atoms with Crippen LogP contribution in [-0.2, 0) is 18.9 Å². The molecule has 0 radical (unpaired) electrons. The first-order valence-corrected chi connectivity index (χ1v) is 8.96. The molecule has 0 N–H and O–H groups in total. The van der Waals surface area contributed by atoms with Crippen LogP contribution in [-0.4, -0.2) is 39.4 Å². The zero-order valence-corrected chi connectivity index (χ0v) is 16.0. The van der Waals surface area contributed by atoms with Crippen molar-refractivity contribution < 1.29 is 23.7 Å². The Morgan fingerprint density at radius 1 is 1.17 bits per heavy atom. The second-order valence-corrected chi connectivity index (χ2v) is 6.75. The number of carbonyl (C=O) groups is 1. The third kappa shape index (κ3) is 4.96. The predicted molar refractivity (Wildman–Crippen MR) is 93.7 cm³/mol. The molecule has 0 aromatic heterocycles. The standard InChI is InChI=1S/C19H34O5/c1-7-17(19(22-5,23-6)14(2)3)15-10-8-9-11-16(13-12-15)24-18(20)21-4/h9,11,14-17H,7-8,10,12-13H2,1-6H3/b11-9+. The molecule has 0 spiro atoms. The van der Waals surface area contributed by atoms with Crippen LogP contribution >= 0.6 is 0 Å². The van der Waals surface area contributed by atoms with E-state index in [1.54, 1.807) is 14.2 Å². The van der Waals surface area contributed by atoms with E-state index in [4.69, 9.17) is 14.2 Å². The molecule has 0 aliphatic heterocycles. The number of methoxy groups -OCH3 is 3. The highest BCUT2D eigenvalue weighted by Crippen LogP contribution is 2.42. The van der Waals surface area contributed by atoms with Crippen molar-refractivity contribution in [2.75, 3.05) is 21.3 Å². The fourth-order valence-corrected chi connectivity index (χ4v) is 4.08. The highest BCUT2D eigenvalue weighted by molar-refractivity contribution is 5.60. The molecule has 0 aromatic carbocycles. The average molecular weight is 342 g/mol.